The number of methoxy groups -OCH3 is 1. The number of rotatable bonds is 7. The van der Waals surface area contributed by atoms with E-state index in [9.17, 15) is 0 Å². The van der Waals surface area contributed by atoms with Crippen LogP contribution < -0.4 is 15.4 Å². The van der Waals surface area contributed by atoms with Crippen LogP contribution in [0.1, 0.15) is 39.2 Å². The van der Waals surface area contributed by atoms with Crippen LogP contribution in [0.2, 0.25) is 0 Å². The summed E-state index contributed by atoms with van der Waals surface area (Å²) in [4.78, 5) is 7.31. The van der Waals surface area contributed by atoms with Crippen molar-refractivity contribution < 1.29 is 4.74 Å². The Morgan fingerprint density at radius 1 is 1.32 bits per heavy atom. The minimum absolute atomic E-state index is 0.613. The Kier molecular flexibility index (Phi) is 8.06. The van der Waals surface area contributed by atoms with E-state index in [1.54, 1.807) is 7.11 Å². The second-order valence-electron chi connectivity index (χ2n) is 6.98. The lowest BCUT2D eigenvalue weighted by molar-refractivity contribution is 0.141. The summed E-state index contributed by atoms with van der Waals surface area (Å²) < 4.78 is 5.41. The van der Waals surface area contributed by atoms with Crippen LogP contribution in [-0.4, -0.2) is 50.2 Å². The maximum absolute atomic E-state index is 5.41. The number of hydrogen-bond acceptors (Lipinski definition) is 3. The average molecular weight is 347 g/mol. The van der Waals surface area contributed by atoms with Crippen LogP contribution in [0.4, 0.5) is 0 Å². The zero-order valence-corrected chi connectivity index (χ0v) is 16.2. The van der Waals surface area contributed by atoms with Crippen molar-refractivity contribution >= 4 is 5.96 Å². The van der Waals surface area contributed by atoms with E-state index < -0.39 is 0 Å². The molecule has 1 fully saturated rings. The lowest BCUT2D eigenvalue weighted by atomic mass is 9.97. The van der Waals surface area contributed by atoms with E-state index in [0.717, 1.165) is 30.4 Å². The third-order valence-electron chi connectivity index (χ3n) is 4.78. The van der Waals surface area contributed by atoms with Crippen molar-refractivity contribution in [3.8, 4) is 5.75 Å². The van der Waals surface area contributed by atoms with Crippen molar-refractivity contribution in [1.82, 2.24) is 15.5 Å². The maximum Gasteiger partial charge on any atom is 0.191 e. The van der Waals surface area contributed by atoms with Crippen LogP contribution in [-0.2, 0) is 6.54 Å². The molecule has 2 rings (SSSR count). The van der Waals surface area contributed by atoms with Crippen molar-refractivity contribution in [1.29, 1.82) is 0 Å². The molecule has 0 amide bonds. The first-order chi connectivity index (χ1) is 12.1. The van der Waals surface area contributed by atoms with Crippen LogP contribution in [0.5, 0.6) is 5.75 Å². The Bertz CT molecular complexity index is 544. The number of likely N-dealkylation sites (tertiary alicyclic amines) is 1. The van der Waals surface area contributed by atoms with Crippen LogP contribution in [0, 0.1) is 5.92 Å². The first-order valence-corrected chi connectivity index (χ1v) is 9.52. The SMILES string of the molecule is CCNC(=NCc1ccccc1OC)NCC1CCCN(C(C)C)C1. The monoisotopic (exact) mass is 346 g/mol. The Labute approximate surface area is 152 Å². The van der Waals surface area contributed by atoms with Gasteiger partial charge in [0.2, 0.25) is 0 Å². The van der Waals surface area contributed by atoms with E-state index in [4.69, 9.17) is 9.73 Å². The molecular formula is C20H34N4O. The Morgan fingerprint density at radius 2 is 2.12 bits per heavy atom. The number of piperidine rings is 1. The topological polar surface area (TPSA) is 48.9 Å². The predicted molar refractivity (Wildman–Crippen MR) is 105 cm³/mol. The minimum Gasteiger partial charge on any atom is -0.496 e. The number of nitrogens with one attached hydrogen (secondary N) is 2. The number of para-hydroxylation sites is 1. The van der Waals surface area contributed by atoms with E-state index in [1.807, 2.05) is 18.2 Å². The number of guanidine groups is 1. The third-order valence-corrected chi connectivity index (χ3v) is 4.78. The van der Waals surface area contributed by atoms with Crippen molar-refractivity contribution in [2.45, 2.75) is 46.2 Å². The van der Waals surface area contributed by atoms with Gasteiger partial charge in [-0.3, -0.25) is 0 Å². The molecule has 2 N–H and O–H groups in total. The number of ether oxygens (including phenoxy) is 1. The van der Waals surface area contributed by atoms with Gasteiger partial charge < -0.3 is 20.3 Å². The maximum atomic E-state index is 5.41. The van der Waals surface area contributed by atoms with Gasteiger partial charge in [-0.1, -0.05) is 18.2 Å². The van der Waals surface area contributed by atoms with Gasteiger partial charge in [0.15, 0.2) is 5.96 Å². The second kappa shape index (κ2) is 10.3. The van der Waals surface area contributed by atoms with E-state index >= 15 is 0 Å². The molecule has 140 valence electrons. The van der Waals surface area contributed by atoms with E-state index in [-0.39, 0.29) is 0 Å². The Balaban J connectivity index is 1.91. The molecule has 5 nitrogen and oxygen atoms in total. The molecule has 1 aliphatic heterocycles. The van der Waals surface area contributed by atoms with Gasteiger partial charge in [0.1, 0.15) is 5.75 Å². The molecule has 1 unspecified atom stereocenters. The molecule has 1 aromatic rings. The highest BCUT2D eigenvalue weighted by molar-refractivity contribution is 5.79. The minimum atomic E-state index is 0.613. The van der Waals surface area contributed by atoms with Gasteiger partial charge in [-0.05, 0) is 52.1 Å². The number of aliphatic imine (C=N–C) groups is 1. The van der Waals surface area contributed by atoms with E-state index in [0.29, 0.717) is 18.5 Å². The van der Waals surface area contributed by atoms with Gasteiger partial charge in [-0.2, -0.15) is 0 Å². The molecular weight excluding hydrogens is 312 g/mol. The summed E-state index contributed by atoms with van der Waals surface area (Å²) in [5.41, 5.74) is 1.10. The molecule has 0 aromatic heterocycles. The van der Waals surface area contributed by atoms with Crippen molar-refractivity contribution in [3.63, 3.8) is 0 Å². The molecule has 0 spiro atoms. The fraction of sp³-hybridized carbons (Fsp3) is 0.650. The van der Waals surface area contributed by atoms with Crippen LogP contribution in [0.3, 0.4) is 0 Å². The highest BCUT2D eigenvalue weighted by Crippen LogP contribution is 2.19. The average Bonchev–Trinajstić information content (AvgIpc) is 2.64. The fourth-order valence-corrected chi connectivity index (χ4v) is 3.31. The lowest BCUT2D eigenvalue weighted by Gasteiger charge is -2.35. The van der Waals surface area contributed by atoms with Gasteiger partial charge in [0.05, 0.1) is 13.7 Å². The molecule has 0 bridgehead atoms. The quantitative estimate of drug-likeness (QED) is 0.589. The smallest absolute Gasteiger partial charge is 0.191 e. The lowest BCUT2D eigenvalue weighted by Crippen LogP contribution is -2.46. The van der Waals surface area contributed by atoms with Crippen LogP contribution in [0.15, 0.2) is 29.3 Å². The number of benzene rings is 1. The second-order valence-corrected chi connectivity index (χ2v) is 6.98. The molecule has 1 saturated heterocycles. The molecule has 1 aromatic carbocycles. The van der Waals surface area contributed by atoms with E-state index in [2.05, 4.69) is 42.4 Å². The van der Waals surface area contributed by atoms with Crippen LogP contribution in [0.25, 0.3) is 0 Å². The Hall–Kier alpha value is -1.75. The van der Waals surface area contributed by atoms with Gasteiger partial charge in [-0.15, -0.1) is 0 Å². The van der Waals surface area contributed by atoms with Gasteiger partial charge in [-0.25, -0.2) is 4.99 Å². The molecule has 1 aliphatic rings. The van der Waals surface area contributed by atoms with E-state index in [1.165, 1.54) is 25.9 Å². The molecule has 25 heavy (non-hydrogen) atoms. The summed E-state index contributed by atoms with van der Waals surface area (Å²) in [6.07, 6.45) is 2.58. The molecule has 5 heteroatoms. The predicted octanol–water partition coefficient (Wildman–Crippen LogP) is 2.87. The summed E-state index contributed by atoms with van der Waals surface area (Å²) >= 11 is 0. The first-order valence-electron chi connectivity index (χ1n) is 9.52. The molecule has 0 radical (unpaired) electrons. The number of hydrogen-bond donors (Lipinski definition) is 2. The summed E-state index contributed by atoms with van der Waals surface area (Å²) in [5, 5.41) is 6.88. The molecule has 0 saturated carbocycles. The summed E-state index contributed by atoms with van der Waals surface area (Å²) in [6.45, 7) is 11.5. The third kappa shape index (κ3) is 6.24. The Morgan fingerprint density at radius 3 is 2.84 bits per heavy atom. The summed E-state index contributed by atoms with van der Waals surface area (Å²) in [6, 6.07) is 8.69. The standard InChI is InChI=1S/C20H34N4O/c1-5-21-20(23-14-18-10-6-7-11-19(18)25-4)22-13-17-9-8-12-24(15-17)16(2)3/h6-7,10-11,16-17H,5,8-9,12-15H2,1-4H3,(H2,21,22,23). The van der Waals surface area contributed by atoms with Gasteiger partial charge in [0.25, 0.3) is 0 Å². The fourth-order valence-electron chi connectivity index (χ4n) is 3.31. The number of nitrogens with zero attached hydrogens (tertiary/aromatic N) is 2. The molecule has 1 heterocycles. The molecule has 1 atom stereocenters. The highest BCUT2D eigenvalue weighted by atomic mass is 16.5. The largest absolute Gasteiger partial charge is 0.496 e. The van der Waals surface area contributed by atoms with Crippen LogP contribution >= 0.6 is 0 Å². The van der Waals surface area contributed by atoms with Gasteiger partial charge >= 0.3 is 0 Å². The zero-order chi connectivity index (χ0) is 18.1. The van der Waals surface area contributed by atoms with Crippen molar-refractivity contribution in [2.75, 3.05) is 33.3 Å². The normalized spacial score (nSPS) is 19.1. The summed E-state index contributed by atoms with van der Waals surface area (Å²) in [5.74, 6) is 2.46. The first kappa shape index (κ1) is 19.6. The van der Waals surface area contributed by atoms with Gasteiger partial charge in [0, 0.05) is 31.2 Å². The van der Waals surface area contributed by atoms with Crippen molar-refractivity contribution in [3.05, 3.63) is 29.8 Å². The van der Waals surface area contributed by atoms with Crippen molar-refractivity contribution in [2.24, 2.45) is 10.9 Å². The zero-order valence-electron chi connectivity index (χ0n) is 16.2. The molecule has 0 aliphatic carbocycles. The highest BCUT2D eigenvalue weighted by Gasteiger charge is 2.21. The summed E-state index contributed by atoms with van der Waals surface area (Å²) in [7, 11) is 1.70.